The first-order valence-corrected chi connectivity index (χ1v) is 3.24. The summed E-state index contributed by atoms with van der Waals surface area (Å²) in [6, 6.07) is 0. The predicted molar refractivity (Wildman–Crippen MR) is 38.0 cm³/mol. The van der Waals surface area contributed by atoms with Gasteiger partial charge in [-0.1, -0.05) is 18.8 Å². The Morgan fingerprint density at radius 2 is 2.17 bits per heavy atom. The molecule has 0 rings (SSSR count). The monoisotopic (exact) mass is 120 g/mol. The minimum Gasteiger partial charge on any atom is -0.131 e. The molecule has 0 aliphatic heterocycles. The topological polar surface area (TPSA) is 0 Å². The second-order valence-corrected chi connectivity index (χ2v) is 2.68. The maximum atomic E-state index is 2.68. The van der Waals surface area contributed by atoms with Crippen LogP contribution in [0.15, 0.2) is 11.9 Å². The molecule has 3 atom stereocenters. The minimum atomic E-state index is 0.613. The molecule has 6 heavy (non-hydrogen) atoms. The first-order chi connectivity index (χ1) is 2.77. The number of rotatable bonds is 1. The number of hydrogen-bond acceptors (Lipinski definition) is 0. The van der Waals surface area contributed by atoms with E-state index < -0.39 is 0 Å². The van der Waals surface area contributed by atoms with Crippen molar-refractivity contribution in [2.75, 3.05) is 0 Å². The van der Waals surface area contributed by atoms with Crippen LogP contribution in [0.5, 0.6) is 0 Å². The SMILES string of the molecule is CC(P)/C=C\P. The lowest BCUT2D eigenvalue weighted by Crippen LogP contribution is -1.75. The molecule has 0 nitrogen and oxygen atoms in total. The Kier molecular flexibility index (Phi) is 4.16. The smallest absolute Gasteiger partial charge is 0.0111 e. The van der Waals surface area contributed by atoms with Crippen LogP contribution in [0.25, 0.3) is 0 Å². The van der Waals surface area contributed by atoms with E-state index in [1.165, 1.54) is 0 Å². The molecular weight excluding hydrogens is 110 g/mol. The van der Waals surface area contributed by atoms with Crippen molar-refractivity contribution in [3.63, 3.8) is 0 Å². The summed E-state index contributed by atoms with van der Waals surface area (Å²) in [4.78, 5) is 0. The van der Waals surface area contributed by atoms with Gasteiger partial charge in [0.05, 0.1) is 0 Å². The van der Waals surface area contributed by atoms with Gasteiger partial charge in [0.2, 0.25) is 0 Å². The van der Waals surface area contributed by atoms with E-state index in [1.54, 1.807) is 0 Å². The molecule has 0 N–H and O–H groups in total. The number of hydrogen-bond donors (Lipinski definition) is 0. The maximum Gasteiger partial charge on any atom is -0.0111 e. The second kappa shape index (κ2) is 3.78. The summed E-state index contributed by atoms with van der Waals surface area (Å²) < 4.78 is 0. The lowest BCUT2D eigenvalue weighted by Gasteiger charge is -1.86. The van der Waals surface area contributed by atoms with Crippen LogP contribution in [-0.4, -0.2) is 5.66 Å². The van der Waals surface area contributed by atoms with Gasteiger partial charge in [-0.25, -0.2) is 0 Å². The molecule has 0 radical (unpaired) electrons. The Balaban J connectivity index is 3.03. The van der Waals surface area contributed by atoms with Crippen molar-refractivity contribution < 1.29 is 0 Å². The van der Waals surface area contributed by atoms with Crippen molar-refractivity contribution in [3.8, 4) is 0 Å². The summed E-state index contributed by atoms with van der Waals surface area (Å²) in [5, 5.41) is 0. The zero-order chi connectivity index (χ0) is 4.99. The lowest BCUT2D eigenvalue weighted by molar-refractivity contribution is 1.26. The molecule has 2 heteroatoms. The van der Waals surface area contributed by atoms with E-state index in [4.69, 9.17) is 0 Å². The molecule has 0 amide bonds. The predicted octanol–water partition coefficient (Wildman–Crippen LogP) is 1.64. The van der Waals surface area contributed by atoms with Gasteiger partial charge in [-0.05, 0) is 5.66 Å². The van der Waals surface area contributed by atoms with Crippen molar-refractivity contribution in [2.45, 2.75) is 12.6 Å². The van der Waals surface area contributed by atoms with Gasteiger partial charge < -0.3 is 0 Å². The van der Waals surface area contributed by atoms with E-state index in [9.17, 15) is 0 Å². The third-order valence-corrected chi connectivity index (χ3v) is 0.859. The highest BCUT2D eigenvalue weighted by Gasteiger charge is 1.76. The molecule has 3 unspecified atom stereocenters. The molecular formula is C4H10P2. The van der Waals surface area contributed by atoms with Gasteiger partial charge in [0.15, 0.2) is 0 Å². The average molecular weight is 120 g/mol. The van der Waals surface area contributed by atoms with Crippen LogP contribution >= 0.6 is 18.5 Å². The number of allylic oxidation sites excluding steroid dienone is 1. The second-order valence-electron chi connectivity index (χ2n) is 1.24. The zero-order valence-electron chi connectivity index (χ0n) is 3.89. The van der Waals surface area contributed by atoms with E-state index in [-0.39, 0.29) is 0 Å². The Labute approximate surface area is 43.8 Å². The van der Waals surface area contributed by atoms with E-state index in [1.807, 2.05) is 5.82 Å². The molecule has 0 spiro atoms. The summed E-state index contributed by atoms with van der Waals surface area (Å²) in [5.41, 5.74) is 0.613. The van der Waals surface area contributed by atoms with Gasteiger partial charge in [-0.3, -0.25) is 0 Å². The molecule has 0 fully saturated rings. The van der Waals surface area contributed by atoms with Crippen molar-refractivity contribution in [2.24, 2.45) is 0 Å². The first-order valence-electron chi connectivity index (χ1n) is 1.91. The molecule has 0 heterocycles. The van der Waals surface area contributed by atoms with Gasteiger partial charge >= 0.3 is 0 Å². The van der Waals surface area contributed by atoms with Crippen molar-refractivity contribution >= 4 is 18.5 Å². The van der Waals surface area contributed by atoms with E-state index >= 15 is 0 Å². The molecule has 0 aromatic carbocycles. The van der Waals surface area contributed by atoms with Gasteiger partial charge in [0.25, 0.3) is 0 Å². The summed E-state index contributed by atoms with van der Waals surface area (Å²) in [7, 11) is 5.21. The fourth-order valence-electron chi connectivity index (χ4n) is 0.175. The largest absolute Gasteiger partial charge is 0.131 e. The normalized spacial score (nSPS) is 15.8. The van der Waals surface area contributed by atoms with Gasteiger partial charge in [-0.15, -0.1) is 18.5 Å². The maximum absolute atomic E-state index is 2.68. The third kappa shape index (κ3) is 4.60. The molecule has 0 saturated heterocycles. The molecule has 0 saturated carbocycles. The zero-order valence-corrected chi connectivity index (χ0v) is 6.20. The van der Waals surface area contributed by atoms with E-state index in [0.29, 0.717) is 5.66 Å². The Bertz CT molecular complexity index is 47.5. The minimum absolute atomic E-state index is 0.613. The van der Waals surface area contributed by atoms with Crippen LogP contribution in [0.1, 0.15) is 6.92 Å². The van der Waals surface area contributed by atoms with Crippen molar-refractivity contribution in [3.05, 3.63) is 11.9 Å². The van der Waals surface area contributed by atoms with Gasteiger partial charge in [-0.2, -0.15) is 0 Å². The summed E-state index contributed by atoms with van der Waals surface area (Å²) in [5.74, 6) is 1.97. The average Bonchev–Trinajstić information content (AvgIpc) is 1.35. The van der Waals surface area contributed by atoms with Gasteiger partial charge in [0.1, 0.15) is 0 Å². The molecule has 36 valence electrons. The molecule has 0 aromatic heterocycles. The third-order valence-electron chi connectivity index (χ3n) is 0.415. The summed E-state index contributed by atoms with van der Waals surface area (Å²) in [6.45, 7) is 2.12. The van der Waals surface area contributed by atoms with Crippen LogP contribution in [0, 0.1) is 0 Å². The highest BCUT2D eigenvalue weighted by Crippen LogP contribution is 1.99. The van der Waals surface area contributed by atoms with Gasteiger partial charge in [0, 0.05) is 0 Å². The molecule has 0 aromatic rings. The van der Waals surface area contributed by atoms with Crippen molar-refractivity contribution in [1.29, 1.82) is 0 Å². The fraction of sp³-hybridized carbons (Fsp3) is 0.500. The Morgan fingerprint density at radius 1 is 1.67 bits per heavy atom. The lowest BCUT2D eigenvalue weighted by atomic mass is 10.5. The van der Waals surface area contributed by atoms with Crippen LogP contribution in [0.4, 0.5) is 0 Å². The van der Waals surface area contributed by atoms with Crippen molar-refractivity contribution in [1.82, 2.24) is 0 Å². The van der Waals surface area contributed by atoms with Crippen LogP contribution in [0.3, 0.4) is 0 Å². The summed E-state index contributed by atoms with van der Waals surface area (Å²) >= 11 is 0. The van der Waals surface area contributed by atoms with Crippen LogP contribution in [0.2, 0.25) is 0 Å². The standard InChI is InChI=1S/C4H10P2/c1-4(6)2-3-5/h2-4H,5-6H2,1H3/b3-2-. The molecule has 0 aliphatic rings. The Hall–Kier alpha value is 0.600. The molecule has 0 bridgehead atoms. The Morgan fingerprint density at radius 3 is 2.17 bits per heavy atom. The van der Waals surface area contributed by atoms with Crippen LogP contribution in [-0.2, 0) is 0 Å². The van der Waals surface area contributed by atoms with E-state index in [0.717, 1.165) is 0 Å². The van der Waals surface area contributed by atoms with E-state index in [2.05, 4.69) is 31.5 Å². The van der Waals surface area contributed by atoms with Crippen LogP contribution < -0.4 is 0 Å². The quantitative estimate of drug-likeness (QED) is 0.461. The first kappa shape index (κ1) is 6.60. The summed E-state index contributed by atoms with van der Waals surface area (Å²) in [6.07, 6.45) is 2.09. The fourth-order valence-corrected chi connectivity index (χ4v) is 0.911. The molecule has 0 aliphatic carbocycles. The highest BCUT2D eigenvalue weighted by molar-refractivity contribution is 7.21. The highest BCUT2D eigenvalue weighted by atomic mass is 31.0.